The third-order valence-electron chi connectivity index (χ3n) is 5.78. The molecule has 0 spiro atoms. The van der Waals surface area contributed by atoms with Gasteiger partial charge in [-0.1, -0.05) is 20.8 Å². The first-order valence-electron chi connectivity index (χ1n) is 10.1. The van der Waals surface area contributed by atoms with E-state index in [9.17, 15) is 14.4 Å². The lowest BCUT2D eigenvalue weighted by Crippen LogP contribution is -2.53. The molecular formula is C20H30ClN5O3. The van der Waals surface area contributed by atoms with Gasteiger partial charge in [0.1, 0.15) is 0 Å². The van der Waals surface area contributed by atoms with Gasteiger partial charge in [-0.25, -0.2) is 9.78 Å². The van der Waals surface area contributed by atoms with Crippen molar-refractivity contribution in [3.8, 4) is 0 Å². The summed E-state index contributed by atoms with van der Waals surface area (Å²) in [5.41, 5.74) is 5.63. The second-order valence-corrected chi connectivity index (χ2v) is 7.62. The van der Waals surface area contributed by atoms with Crippen LogP contribution >= 0.6 is 12.4 Å². The summed E-state index contributed by atoms with van der Waals surface area (Å²) in [6.07, 6.45) is 4.07. The van der Waals surface area contributed by atoms with Crippen molar-refractivity contribution in [2.45, 2.75) is 70.9 Å². The van der Waals surface area contributed by atoms with Gasteiger partial charge in [-0.15, -0.1) is 12.4 Å². The fourth-order valence-corrected chi connectivity index (χ4v) is 3.57. The number of carbonyl (C=O) groups excluding carboxylic acids is 1. The number of nitrogens with zero attached hydrogens (tertiary/aromatic N) is 2. The van der Waals surface area contributed by atoms with Gasteiger partial charge >= 0.3 is 5.69 Å². The highest BCUT2D eigenvalue weighted by molar-refractivity contribution is 6.05. The Morgan fingerprint density at radius 1 is 1.31 bits per heavy atom. The molecule has 3 rings (SSSR count). The number of rotatable bonds is 8. The van der Waals surface area contributed by atoms with E-state index in [1.807, 2.05) is 20.8 Å². The minimum Gasteiger partial charge on any atom is -0.345 e. The average molecular weight is 424 g/mol. The molecule has 0 saturated heterocycles. The summed E-state index contributed by atoms with van der Waals surface area (Å²) < 4.78 is 1.45. The maximum absolute atomic E-state index is 13.2. The van der Waals surface area contributed by atoms with E-state index < -0.39 is 16.8 Å². The predicted molar refractivity (Wildman–Crippen MR) is 116 cm³/mol. The van der Waals surface area contributed by atoms with E-state index in [4.69, 9.17) is 5.73 Å². The van der Waals surface area contributed by atoms with Gasteiger partial charge in [-0.05, 0) is 38.2 Å². The third-order valence-corrected chi connectivity index (χ3v) is 5.78. The molecule has 0 radical (unpaired) electrons. The molecule has 2 aromatic heterocycles. The Morgan fingerprint density at radius 2 is 1.97 bits per heavy atom. The van der Waals surface area contributed by atoms with Gasteiger partial charge in [-0.3, -0.25) is 19.1 Å². The molecule has 29 heavy (non-hydrogen) atoms. The number of nitrogens with one attached hydrogen (secondary N) is 2. The second kappa shape index (κ2) is 9.09. The SMILES string of the molecule is CCCn1c(=O)[nH]c(=O)c2c(C(=O)NC(CC)(CC)CN)cc(C3CC3)nc21.Cl. The second-order valence-electron chi connectivity index (χ2n) is 7.62. The normalized spacial score (nSPS) is 13.9. The highest BCUT2D eigenvalue weighted by atomic mass is 35.5. The lowest BCUT2D eigenvalue weighted by atomic mass is 9.92. The Balaban J connectivity index is 0.00000300. The topological polar surface area (TPSA) is 123 Å². The van der Waals surface area contributed by atoms with Crippen LogP contribution in [0.1, 0.15) is 74.8 Å². The monoisotopic (exact) mass is 423 g/mol. The van der Waals surface area contributed by atoms with E-state index in [-0.39, 0.29) is 40.8 Å². The van der Waals surface area contributed by atoms with E-state index in [0.717, 1.165) is 18.5 Å². The van der Waals surface area contributed by atoms with Gasteiger partial charge in [0.15, 0.2) is 5.65 Å². The first-order valence-corrected chi connectivity index (χ1v) is 10.1. The first-order chi connectivity index (χ1) is 13.4. The van der Waals surface area contributed by atoms with E-state index in [0.29, 0.717) is 32.4 Å². The van der Waals surface area contributed by atoms with Crippen LogP contribution in [0.4, 0.5) is 0 Å². The summed E-state index contributed by atoms with van der Waals surface area (Å²) in [4.78, 5) is 45.2. The molecule has 8 nitrogen and oxygen atoms in total. The van der Waals surface area contributed by atoms with Crippen molar-refractivity contribution >= 4 is 29.3 Å². The number of nitrogens with two attached hydrogens (primary N) is 1. The van der Waals surface area contributed by atoms with Crippen LogP contribution in [-0.4, -0.2) is 32.5 Å². The number of hydrogen-bond acceptors (Lipinski definition) is 5. The van der Waals surface area contributed by atoms with Crippen molar-refractivity contribution in [2.24, 2.45) is 5.73 Å². The van der Waals surface area contributed by atoms with Crippen LogP contribution in [0, 0.1) is 0 Å². The third kappa shape index (κ3) is 4.38. The molecule has 1 aliphatic rings. The van der Waals surface area contributed by atoms with Gasteiger partial charge < -0.3 is 11.1 Å². The number of carbonyl (C=O) groups is 1. The zero-order valence-corrected chi connectivity index (χ0v) is 18.0. The van der Waals surface area contributed by atoms with Crippen LogP contribution in [0.25, 0.3) is 11.0 Å². The maximum Gasteiger partial charge on any atom is 0.329 e. The number of fused-ring (bicyclic) bond motifs is 1. The van der Waals surface area contributed by atoms with Crippen LogP contribution in [0.15, 0.2) is 15.7 Å². The predicted octanol–water partition coefficient (Wildman–Crippen LogP) is 2.04. The Labute approximate surface area is 175 Å². The van der Waals surface area contributed by atoms with Gasteiger partial charge in [-0.2, -0.15) is 0 Å². The quantitative estimate of drug-likeness (QED) is 0.599. The number of hydrogen-bond donors (Lipinski definition) is 3. The van der Waals surface area contributed by atoms with Crippen molar-refractivity contribution in [1.29, 1.82) is 0 Å². The van der Waals surface area contributed by atoms with Crippen LogP contribution in [0.5, 0.6) is 0 Å². The summed E-state index contributed by atoms with van der Waals surface area (Å²) in [7, 11) is 0. The first kappa shape index (κ1) is 23.1. The molecule has 2 heterocycles. The number of amides is 1. The number of aromatic nitrogens is 3. The molecule has 0 bridgehead atoms. The summed E-state index contributed by atoms with van der Waals surface area (Å²) in [5, 5.41) is 3.20. The largest absolute Gasteiger partial charge is 0.345 e. The van der Waals surface area contributed by atoms with E-state index in [2.05, 4.69) is 15.3 Å². The molecular weight excluding hydrogens is 394 g/mol. The Morgan fingerprint density at radius 3 is 2.48 bits per heavy atom. The number of aryl methyl sites for hydroxylation is 1. The Kier molecular flexibility index (Phi) is 7.24. The number of aromatic amines is 1. The van der Waals surface area contributed by atoms with Crippen molar-refractivity contribution < 1.29 is 4.79 Å². The van der Waals surface area contributed by atoms with Gasteiger partial charge in [0, 0.05) is 24.7 Å². The van der Waals surface area contributed by atoms with Gasteiger partial charge in [0.05, 0.1) is 16.5 Å². The van der Waals surface area contributed by atoms with Crippen molar-refractivity contribution in [1.82, 2.24) is 19.9 Å². The number of H-pyrrole nitrogens is 1. The lowest BCUT2D eigenvalue weighted by molar-refractivity contribution is 0.0896. The van der Waals surface area contributed by atoms with Crippen LogP contribution in [-0.2, 0) is 6.54 Å². The van der Waals surface area contributed by atoms with Crippen LogP contribution < -0.4 is 22.3 Å². The lowest BCUT2D eigenvalue weighted by Gasteiger charge is -2.31. The van der Waals surface area contributed by atoms with E-state index in [1.54, 1.807) is 6.07 Å². The molecule has 0 unspecified atom stereocenters. The zero-order chi connectivity index (χ0) is 20.5. The molecule has 1 saturated carbocycles. The van der Waals surface area contributed by atoms with Crippen LogP contribution in [0.3, 0.4) is 0 Å². The zero-order valence-electron chi connectivity index (χ0n) is 17.2. The van der Waals surface area contributed by atoms with Gasteiger partial charge in [0.2, 0.25) is 0 Å². The molecule has 0 aliphatic heterocycles. The van der Waals surface area contributed by atoms with E-state index >= 15 is 0 Å². The summed E-state index contributed by atoms with van der Waals surface area (Å²) in [5.74, 6) is -0.0762. The standard InChI is InChI=1S/C20H29N5O3.ClH/c1-4-9-25-16-15(18(27)23-19(25)28)13(10-14(22-16)12-7-8-12)17(26)24-20(5-2,6-3)11-21;/h10,12H,4-9,11,21H2,1-3H3,(H,24,26)(H,23,27,28);1H. The molecule has 9 heteroatoms. The van der Waals surface area contributed by atoms with E-state index in [1.165, 1.54) is 4.57 Å². The summed E-state index contributed by atoms with van der Waals surface area (Å²) in [6, 6.07) is 1.71. The Hall–Kier alpha value is -2.19. The maximum atomic E-state index is 13.2. The molecule has 1 aliphatic carbocycles. The summed E-state index contributed by atoms with van der Waals surface area (Å²) in [6.45, 7) is 6.62. The Bertz CT molecular complexity index is 997. The highest BCUT2D eigenvalue weighted by Crippen LogP contribution is 2.40. The molecule has 160 valence electrons. The van der Waals surface area contributed by atoms with Gasteiger partial charge in [0.25, 0.3) is 11.5 Å². The minimum absolute atomic E-state index is 0. The van der Waals surface area contributed by atoms with Crippen molar-refractivity contribution in [3.05, 3.63) is 38.2 Å². The number of pyridine rings is 1. The van der Waals surface area contributed by atoms with Crippen LogP contribution in [0.2, 0.25) is 0 Å². The molecule has 4 N–H and O–H groups in total. The molecule has 1 fully saturated rings. The molecule has 0 atom stereocenters. The van der Waals surface area contributed by atoms with Crippen molar-refractivity contribution in [3.63, 3.8) is 0 Å². The molecule has 2 aromatic rings. The average Bonchev–Trinajstić information content (AvgIpc) is 3.53. The fourth-order valence-electron chi connectivity index (χ4n) is 3.57. The fraction of sp³-hybridized carbons (Fsp3) is 0.600. The minimum atomic E-state index is -0.585. The molecule has 1 amide bonds. The number of halogens is 1. The summed E-state index contributed by atoms with van der Waals surface area (Å²) >= 11 is 0. The smallest absolute Gasteiger partial charge is 0.329 e. The highest BCUT2D eigenvalue weighted by Gasteiger charge is 2.31. The van der Waals surface area contributed by atoms with Crippen molar-refractivity contribution in [2.75, 3.05) is 6.54 Å². The molecule has 0 aromatic carbocycles.